The number of thioether (sulfide) groups is 1. The zero-order valence-electron chi connectivity index (χ0n) is 13.6. The molecule has 0 aromatic carbocycles. The van der Waals surface area contributed by atoms with Crippen LogP contribution in [0.5, 0.6) is 0 Å². The molecule has 0 aliphatic carbocycles. The molecule has 2 N–H and O–H groups in total. The first-order valence-corrected chi connectivity index (χ1v) is 8.38. The minimum atomic E-state index is -1.03. The topological polar surface area (TPSA) is 70.6 Å². The Morgan fingerprint density at radius 3 is 2.43 bits per heavy atom. The number of carbonyl (C=O) groups excluding carboxylic acids is 2. The lowest BCUT2D eigenvalue weighted by atomic mass is 9.83. The Bertz CT molecular complexity index is 418. The third-order valence-corrected chi connectivity index (χ3v) is 3.86. The lowest BCUT2D eigenvalue weighted by Gasteiger charge is -2.38. The molecule has 1 atom stereocenters. The number of nitrogens with one attached hydrogen (secondary N) is 2. The van der Waals surface area contributed by atoms with E-state index in [0.717, 1.165) is 18.9 Å². The van der Waals surface area contributed by atoms with E-state index in [9.17, 15) is 9.59 Å². The summed E-state index contributed by atoms with van der Waals surface area (Å²) >= 11 is 1.54. The fraction of sp³-hybridized carbons (Fsp3) is 0.733. The van der Waals surface area contributed by atoms with Gasteiger partial charge >= 0.3 is 0 Å². The van der Waals surface area contributed by atoms with Crippen molar-refractivity contribution in [1.82, 2.24) is 10.6 Å². The van der Waals surface area contributed by atoms with E-state index >= 15 is 0 Å². The molecule has 6 heteroatoms. The largest absolute Gasteiger partial charge is 0.349 e. The molecule has 0 fully saturated rings. The summed E-state index contributed by atoms with van der Waals surface area (Å²) in [5.41, 5.74) is 0.348. The number of hydrogen-bond acceptors (Lipinski definition) is 4. The van der Waals surface area contributed by atoms with Gasteiger partial charge in [-0.2, -0.15) is 0 Å². The van der Waals surface area contributed by atoms with Crippen LogP contribution >= 0.6 is 11.8 Å². The molecular formula is C15H26N3O2S. The Morgan fingerprint density at radius 1 is 1.33 bits per heavy atom. The molecule has 0 spiro atoms. The van der Waals surface area contributed by atoms with Gasteiger partial charge in [0.15, 0.2) is 0 Å². The Balaban J connectivity index is 3.11. The molecule has 119 valence electrons. The molecule has 0 aromatic heterocycles. The van der Waals surface area contributed by atoms with Crippen LogP contribution in [0.3, 0.4) is 0 Å². The van der Waals surface area contributed by atoms with Gasteiger partial charge in [0, 0.05) is 18.2 Å². The van der Waals surface area contributed by atoms with Crippen LogP contribution in [0.15, 0.2) is 4.99 Å². The van der Waals surface area contributed by atoms with Gasteiger partial charge in [-0.3, -0.25) is 14.6 Å². The number of rotatable bonds is 6. The third kappa shape index (κ3) is 5.02. The van der Waals surface area contributed by atoms with E-state index in [2.05, 4.69) is 22.5 Å². The van der Waals surface area contributed by atoms with Crippen molar-refractivity contribution in [2.24, 2.45) is 4.99 Å². The van der Waals surface area contributed by atoms with Crippen molar-refractivity contribution in [2.75, 3.05) is 5.75 Å². The first kappa shape index (κ1) is 18.0. The molecular weight excluding hydrogens is 286 g/mol. The first-order valence-electron chi connectivity index (χ1n) is 7.33. The van der Waals surface area contributed by atoms with E-state index in [-0.39, 0.29) is 17.4 Å². The lowest BCUT2D eigenvalue weighted by molar-refractivity contribution is -0.133. The van der Waals surface area contributed by atoms with Gasteiger partial charge in [-0.05, 0) is 27.2 Å². The molecule has 1 heterocycles. The van der Waals surface area contributed by atoms with E-state index in [1.807, 2.05) is 20.8 Å². The van der Waals surface area contributed by atoms with Crippen molar-refractivity contribution in [3.63, 3.8) is 0 Å². The third-order valence-electron chi connectivity index (χ3n) is 3.17. The summed E-state index contributed by atoms with van der Waals surface area (Å²) in [6.07, 6.45) is 2.37. The van der Waals surface area contributed by atoms with Crippen LogP contribution in [0.2, 0.25) is 0 Å². The van der Waals surface area contributed by atoms with Gasteiger partial charge in [-0.15, -0.1) is 11.8 Å². The standard InChI is InChI=1S/C15H26N3O2S/c1-6-7-8-15(17-11(2)19,12-9-21-10-16-12)13(20)18-14(3,4)5/h10H,6-9H2,1-5H3,(H,17,19)(H,18,20). The SMILES string of the molecule is CCCCC(NC(C)=O)([C]1CSC=N1)C(=O)NC(C)(C)C. The van der Waals surface area contributed by atoms with Gasteiger partial charge in [0.05, 0.1) is 5.55 Å². The number of hydrogen-bond donors (Lipinski definition) is 2. The summed E-state index contributed by atoms with van der Waals surface area (Å²) in [4.78, 5) is 28.9. The molecule has 0 saturated heterocycles. The maximum Gasteiger partial charge on any atom is 0.248 e. The maximum absolute atomic E-state index is 12.9. The lowest BCUT2D eigenvalue weighted by Crippen LogP contribution is -2.64. The summed E-state index contributed by atoms with van der Waals surface area (Å²) in [5, 5.41) is 5.87. The fourth-order valence-electron chi connectivity index (χ4n) is 2.26. The van der Waals surface area contributed by atoms with Crippen molar-refractivity contribution in [2.45, 2.75) is 65.0 Å². The molecule has 1 aliphatic rings. The Hall–Kier alpha value is -1.04. The predicted molar refractivity (Wildman–Crippen MR) is 88.2 cm³/mol. The smallest absolute Gasteiger partial charge is 0.248 e. The van der Waals surface area contributed by atoms with E-state index < -0.39 is 5.54 Å². The highest BCUT2D eigenvalue weighted by atomic mass is 32.2. The normalized spacial score (nSPS) is 18.3. The molecule has 21 heavy (non-hydrogen) atoms. The van der Waals surface area contributed by atoms with Crippen LogP contribution < -0.4 is 10.6 Å². The van der Waals surface area contributed by atoms with Crippen molar-refractivity contribution in [1.29, 1.82) is 0 Å². The van der Waals surface area contributed by atoms with Crippen molar-refractivity contribution in [3.8, 4) is 0 Å². The highest BCUT2D eigenvalue weighted by molar-refractivity contribution is 8.12. The molecule has 0 aromatic rings. The average molecular weight is 312 g/mol. The van der Waals surface area contributed by atoms with Gasteiger partial charge in [-0.1, -0.05) is 19.8 Å². The summed E-state index contributed by atoms with van der Waals surface area (Å²) in [7, 11) is 0. The summed E-state index contributed by atoms with van der Waals surface area (Å²) < 4.78 is 0. The summed E-state index contributed by atoms with van der Waals surface area (Å²) in [6, 6.07) is 0.734. The number of unbranched alkanes of at least 4 members (excludes halogenated alkanes) is 1. The molecule has 1 aliphatic heterocycles. The zero-order valence-corrected chi connectivity index (χ0v) is 14.4. The Labute approximate surface area is 131 Å². The van der Waals surface area contributed by atoms with Crippen molar-refractivity contribution >= 4 is 29.1 Å². The average Bonchev–Trinajstić information content (AvgIpc) is 2.85. The van der Waals surface area contributed by atoms with Crippen LogP contribution in [0.4, 0.5) is 0 Å². The summed E-state index contributed by atoms with van der Waals surface area (Å²) in [6.45, 7) is 9.30. The number of aliphatic imine (C=N–C) groups is 1. The summed E-state index contributed by atoms with van der Waals surface area (Å²) in [5.74, 6) is 0.254. The van der Waals surface area contributed by atoms with E-state index in [1.165, 1.54) is 6.92 Å². The molecule has 2 amide bonds. The second-order valence-corrected chi connectivity index (χ2v) is 7.22. The number of nitrogens with zero attached hydrogens (tertiary/aromatic N) is 1. The van der Waals surface area contributed by atoms with E-state index in [4.69, 9.17) is 0 Å². The van der Waals surface area contributed by atoms with Gasteiger partial charge in [0.1, 0.15) is 11.6 Å². The molecule has 1 radical (unpaired) electrons. The van der Waals surface area contributed by atoms with Gasteiger partial charge < -0.3 is 10.6 Å². The van der Waals surface area contributed by atoms with Crippen molar-refractivity contribution < 1.29 is 9.59 Å². The molecule has 0 saturated carbocycles. The minimum absolute atomic E-state index is 0.173. The van der Waals surface area contributed by atoms with Gasteiger partial charge in [0.2, 0.25) is 11.8 Å². The van der Waals surface area contributed by atoms with Crippen LogP contribution in [0.1, 0.15) is 53.9 Å². The second kappa shape index (κ2) is 7.29. The first-order chi connectivity index (χ1) is 9.71. The van der Waals surface area contributed by atoms with Gasteiger partial charge in [0.25, 0.3) is 0 Å². The molecule has 1 rings (SSSR count). The van der Waals surface area contributed by atoms with Crippen LogP contribution in [-0.4, -0.2) is 34.2 Å². The molecule has 1 unspecified atom stereocenters. The molecule has 5 nitrogen and oxygen atoms in total. The highest BCUT2D eigenvalue weighted by Crippen LogP contribution is 2.34. The van der Waals surface area contributed by atoms with Crippen LogP contribution in [-0.2, 0) is 9.59 Å². The zero-order chi connectivity index (χ0) is 16.1. The second-order valence-electron chi connectivity index (χ2n) is 6.39. The van der Waals surface area contributed by atoms with Crippen LogP contribution in [0.25, 0.3) is 0 Å². The maximum atomic E-state index is 12.9. The quantitative estimate of drug-likeness (QED) is 0.790. The predicted octanol–water partition coefficient (Wildman–Crippen LogP) is 2.27. The van der Waals surface area contributed by atoms with E-state index in [1.54, 1.807) is 17.3 Å². The van der Waals surface area contributed by atoms with Crippen molar-refractivity contribution in [3.05, 3.63) is 6.04 Å². The highest BCUT2D eigenvalue weighted by Gasteiger charge is 2.48. The Morgan fingerprint density at radius 2 is 2.00 bits per heavy atom. The molecule has 0 bridgehead atoms. The number of amides is 2. The Kier molecular flexibility index (Phi) is 6.25. The number of carbonyl (C=O) groups is 2. The van der Waals surface area contributed by atoms with Crippen LogP contribution in [0, 0.1) is 6.04 Å². The minimum Gasteiger partial charge on any atom is -0.349 e. The monoisotopic (exact) mass is 312 g/mol. The van der Waals surface area contributed by atoms with Gasteiger partial charge in [-0.25, -0.2) is 0 Å². The fourth-order valence-corrected chi connectivity index (χ4v) is 3.01. The van der Waals surface area contributed by atoms with E-state index in [0.29, 0.717) is 12.2 Å².